The Bertz CT molecular complexity index is 902. The SMILES string of the molecule is CC(C)=CCC/C(C)=C\COC(=O)CCCCCN(CCCN)CCCCN(CCCN)CCCCCC(=O)OC/C=C(/C)CCC=C(C)C. The van der Waals surface area contributed by atoms with E-state index in [1.54, 1.807) is 0 Å². The Morgan fingerprint density at radius 2 is 0.800 bits per heavy atom. The van der Waals surface area contributed by atoms with Crippen LogP contribution in [0.1, 0.15) is 144 Å². The van der Waals surface area contributed by atoms with Crippen LogP contribution in [0.2, 0.25) is 0 Å². The van der Waals surface area contributed by atoms with Crippen LogP contribution in [0, 0.1) is 0 Å². The van der Waals surface area contributed by atoms with Gasteiger partial charge in [0, 0.05) is 12.8 Å². The fraction of sp³-hybridized carbons (Fsp3) is 0.762. The summed E-state index contributed by atoms with van der Waals surface area (Å²) >= 11 is 0. The molecule has 0 bridgehead atoms. The number of unbranched alkanes of at least 4 members (excludes halogenated alkanes) is 5. The van der Waals surface area contributed by atoms with Crippen molar-refractivity contribution in [2.45, 2.75) is 144 Å². The number of nitrogens with zero attached hydrogens (tertiary/aromatic N) is 2. The number of hydrogen-bond donors (Lipinski definition) is 2. The molecule has 0 rings (SSSR count). The van der Waals surface area contributed by atoms with Crippen molar-refractivity contribution >= 4 is 11.9 Å². The van der Waals surface area contributed by atoms with E-state index in [0.29, 0.717) is 39.1 Å². The van der Waals surface area contributed by atoms with Crippen LogP contribution in [-0.2, 0) is 19.1 Å². The largest absolute Gasteiger partial charge is 0.461 e. The Kier molecular flexibility index (Phi) is 32.3. The quantitative estimate of drug-likeness (QED) is 0.0397. The van der Waals surface area contributed by atoms with Gasteiger partial charge < -0.3 is 30.7 Å². The molecule has 0 unspecified atom stereocenters. The Morgan fingerprint density at radius 1 is 0.460 bits per heavy atom. The highest BCUT2D eigenvalue weighted by atomic mass is 16.5. The molecule has 0 atom stereocenters. The normalized spacial score (nSPS) is 12.0. The van der Waals surface area contributed by atoms with Crippen molar-refractivity contribution in [3.05, 3.63) is 46.6 Å². The lowest BCUT2D eigenvalue weighted by Gasteiger charge is -2.24. The van der Waals surface area contributed by atoms with Crippen LogP contribution in [0.5, 0.6) is 0 Å². The Hall–Kier alpha value is -2.26. The van der Waals surface area contributed by atoms with E-state index in [0.717, 1.165) is 129 Å². The van der Waals surface area contributed by atoms with Gasteiger partial charge in [-0.2, -0.15) is 0 Å². The zero-order chi connectivity index (χ0) is 37.2. The van der Waals surface area contributed by atoms with Crippen LogP contribution in [0.3, 0.4) is 0 Å². The van der Waals surface area contributed by atoms with Crippen LogP contribution in [-0.4, -0.2) is 87.3 Å². The summed E-state index contributed by atoms with van der Waals surface area (Å²) in [6.45, 7) is 21.2. The molecule has 0 saturated heterocycles. The van der Waals surface area contributed by atoms with E-state index < -0.39 is 0 Å². The van der Waals surface area contributed by atoms with Gasteiger partial charge in [0.25, 0.3) is 0 Å². The predicted molar refractivity (Wildman–Crippen MR) is 213 cm³/mol. The number of allylic oxidation sites excluding steroid dienone is 6. The second-order valence-corrected chi connectivity index (χ2v) is 14.4. The first-order chi connectivity index (χ1) is 24.1. The molecule has 0 heterocycles. The predicted octanol–water partition coefficient (Wildman–Crippen LogP) is 8.66. The lowest BCUT2D eigenvalue weighted by atomic mass is 10.1. The molecule has 0 aliphatic carbocycles. The molecule has 0 aliphatic rings. The molecule has 0 aliphatic heterocycles. The highest BCUT2D eigenvalue weighted by molar-refractivity contribution is 5.69. The number of rotatable bonds is 33. The molecule has 50 heavy (non-hydrogen) atoms. The van der Waals surface area contributed by atoms with E-state index in [1.165, 1.54) is 22.3 Å². The molecule has 0 aromatic rings. The second-order valence-electron chi connectivity index (χ2n) is 14.4. The molecule has 8 heteroatoms. The summed E-state index contributed by atoms with van der Waals surface area (Å²) in [6.07, 6.45) is 23.9. The molecule has 0 fully saturated rings. The van der Waals surface area contributed by atoms with Gasteiger partial charge in [0.1, 0.15) is 13.2 Å². The van der Waals surface area contributed by atoms with Gasteiger partial charge in [-0.1, -0.05) is 47.3 Å². The van der Waals surface area contributed by atoms with Gasteiger partial charge in [0.2, 0.25) is 0 Å². The van der Waals surface area contributed by atoms with Gasteiger partial charge in [-0.05, 0) is 183 Å². The van der Waals surface area contributed by atoms with Gasteiger partial charge in [-0.15, -0.1) is 0 Å². The zero-order valence-corrected chi connectivity index (χ0v) is 33.4. The minimum Gasteiger partial charge on any atom is -0.461 e. The van der Waals surface area contributed by atoms with E-state index >= 15 is 0 Å². The number of esters is 2. The van der Waals surface area contributed by atoms with Gasteiger partial charge in [-0.25, -0.2) is 0 Å². The first kappa shape index (κ1) is 47.7. The monoisotopic (exact) mass is 703 g/mol. The van der Waals surface area contributed by atoms with E-state index in [2.05, 4.69) is 63.5 Å². The molecule has 0 radical (unpaired) electrons. The Labute approximate surface area is 308 Å². The Balaban J connectivity index is 4.25. The zero-order valence-electron chi connectivity index (χ0n) is 33.4. The smallest absolute Gasteiger partial charge is 0.306 e. The fourth-order valence-corrected chi connectivity index (χ4v) is 5.61. The average molecular weight is 703 g/mol. The summed E-state index contributed by atoms with van der Waals surface area (Å²) in [6, 6.07) is 0. The molecular formula is C42H78N4O4. The third-order valence-corrected chi connectivity index (χ3v) is 8.80. The first-order valence-electron chi connectivity index (χ1n) is 19.8. The van der Waals surface area contributed by atoms with Crippen LogP contribution < -0.4 is 11.5 Å². The number of nitrogens with two attached hydrogens (primary N) is 2. The molecule has 0 aromatic carbocycles. The summed E-state index contributed by atoms with van der Waals surface area (Å²) in [5, 5.41) is 0. The summed E-state index contributed by atoms with van der Waals surface area (Å²) < 4.78 is 10.8. The topological polar surface area (TPSA) is 111 Å². The van der Waals surface area contributed by atoms with Crippen molar-refractivity contribution in [2.24, 2.45) is 11.5 Å². The van der Waals surface area contributed by atoms with E-state index in [-0.39, 0.29) is 11.9 Å². The summed E-state index contributed by atoms with van der Waals surface area (Å²) in [4.78, 5) is 29.4. The number of hydrogen-bond acceptors (Lipinski definition) is 8. The van der Waals surface area contributed by atoms with Crippen molar-refractivity contribution in [1.29, 1.82) is 0 Å². The van der Waals surface area contributed by atoms with Gasteiger partial charge in [0.05, 0.1) is 0 Å². The van der Waals surface area contributed by atoms with Crippen LogP contribution in [0.4, 0.5) is 0 Å². The molecule has 0 saturated carbocycles. The highest BCUT2D eigenvalue weighted by Crippen LogP contribution is 2.10. The molecule has 290 valence electrons. The minimum atomic E-state index is -0.0973. The van der Waals surface area contributed by atoms with Crippen molar-refractivity contribution < 1.29 is 19.1 Å². The van der Waals surface area contributed by atoms with Gasteiger partial charge >= 0.3 is 11.9 Å². The number of ether oxygens (including phenoxy) is 2. The van der Waals surface area contributed by atoms with E-state index in [1.807, 2.05) is 12.2 Å². The van der Waals surface area contributed by atoms with Crippen molar-refractivity contribution in [3.63, 3.8) is 0 Å². The van der Waals surface area contributed by atoms with E-state index in [4.69, 9.17) is 20.9 Å². The summed E-state index contributed by atoms with van der Waals surface area (Å²) in [7, 11) is 0. The molecule has 0 amide bonds. The molecule has 0 aromatic heterocycles. The fourth-order valence-electron chi connectivity index (χ4n) is 5.61. The highest BCUT2D eigenvalue weighted by Gasteiger charge is 2.09. The van der Waals surface area contributed by atoms with E-state index in [9.17, 15) is 9.59 Å². The molecule has 4 N–H and O–H groups in total. The number of carbonyl (C=O) groups excluding carboxylic acids is 2. The lowest BCUT2D eigenvalue weighted by molar-refractivity contribution is -0.143. The number of carbonyl (C=O) groups is 2. The minimum absolute atomic E-state index is 0.0973. The van der Waals surface area contributed by atoms with Gasteiger partial charge in [0.15, 0.2) is 0 Å². The third-order valence-electron chi connectivity index (χ3n) is 8.80. The lowest BCUT2D eigenvalue weighted by Crippen LogP contribution is -2.31. The van der Waals surface area contributed by atoms with Crippen molar-refractivity contribution in [1.82, 2.24) is 9.80 Å². The van der Waals surface area contributed by atoms with Gasteiger partial charge in [-0.3, -0.25) is 9.59 Å². The summed E-state index contributed by atoms with van der Waals surface area (Å²) in [5.41, 5.74) is 16.9. The molecule has 0 spiro atoms. The van der Waals surface area contributed by atoms with Crippen molar-refractivity contribution in [2.75, 3.05) is 65.6 Å². The maximum Gasteiger partial charge on any atom is 0.306 e. The second kappa shape index (κ2) is 33.9. The third kappa shape index (κ3) is 32.9. The summed E-state index contributed by atoms with van der Waals surface area (Å²) in [5.74, 6) is -0.195. The van der Waals surface area contributed by atoms with Crippen LogP contribution >= 0.6 is 0 Å². The Morgan fingerprint density at radius 3 is 1.14 bits per heavy atom. The maximum atomic E-state index is 12.2. The van der Waals surface area contributed by atoms with Crippen LogP contribution in [0.25, 0.3) is 0 Å². The molecule has 8 nitrogen and oxygen atoms in total. The van der Waals surface area contributed by atoms with Crippen LogP contribution in [0.15, 0.2) is 46.6 Å². The standard InChI is InChI=1S/C42H78N4O4/c1-37(2)19-15-21-39(5)25-35-49-41(47)23-9-7-11-29-45(33-17-27-43)31-13-14-32-46(34-18-28-44)30-12-8-10-24-42(48)50-36-26-40(6)22-16-20-38(3)4/h19-20,25-26H,7-18,21-24,27-36,43-44H2,1-6H3/b39-25-,40-26-. The average Bonchev–Trinajstić information content (AvgIpc) is 3.06. The molecular weight excluding hydrogens is 624 g/mol. The first-order valence-corrected chi connectivity index (χ1v) is 19.8. The van der Waals surface area contributed by atoms with Crippen molar-refractivity contribution in [3.8, 4) is 0 Å². The maximum absolute atomic E-state index is 12.2.